The van der Waals surface area contributed by atoms with Crippen molar-refractivity contribution >= 4 is 11.4 Å². The lowest BCUT2D eigenvalue weighted by atomic mass is 9.82. The van der Waals surface area contributed by atoms with Crippen molar-refractivity contribution in [3.8, 4) is 11.1 Å². The highest BCUT2D eigenvalue weighted by Gasteiger charge is 2.32. The number of rotatable bonds is 4. The predicted octanol–water partition coefficient (Wildman–Crippen LogP) is 7.25. The Kier molecular flexibility index (Phi) is 5.17. The molecule has 1 aliphatic rings. The first-order valence-electron chi connectivity index (χ1n) is 11.5. The molecule has 0 amide bonds. The Labute approximate surface area is 197 Å². The van der Waals surface area contributed by atoms with Crippen LogP contribution in [0.4, 0.5) is 5.69 Å². The lowest BCUT2D eigenvalue weighted by Gasteiger charge is -2.23. The third-order valence-corrected chi connectivity index (χ3v) is 7.29. The van der Waals surface area contributed by atoms with Gasteiger partial charge in [-0.3, -0.25) is 5.41 Å². The summed E-state index contributed by atoms with van der Waals surface area (Å²) in [6.07, 6.45) is 0. The molecule has 1 aliphatic carbocycles. The number of fused-ring (bicyclic) bond motifs is 3. The molecule has 4 aromatic rings. The van der Waals surface area contributed by atoms with Gasteiger partial charge in [0.05, 0.1) is 5.71 Å². The van der Waals surface area contributed by atoms with Gasteiger partial charge < -0.3 is 4.90 Å². The third kappa shape index (κ3) is 3.38. The Hall–Kier alpha value is -3.65. The summed E-state index contributed by atoms with van der Waals surface area (Å²) in [4.78, 5) is 2.12. The van der Waals surface area contributed by atoms with Gasteiger partial charge >= 0.3 is 0 Å². The quantitative estimate of drug-likeness (QED) is 0.299. The van der Waals surface area contributed by atoms with Crippen LogP contribution in [0, 0.1) is 26.2 Å². The predicted molar refractivity (Wildman–Crippen MR) is 140 cm³/mol. The van der Waals surface area contributed by atoms with E-state index in [-0.39, 0.29) is 5.92 Å². The molecular formula is C31H30N2. The van der Waals surface area contributed by atoms with E-state index >= 15 is 0 Å². The Bertz CT molecular complexity index is 1350. The number of nitrogens with one attached hydrogen (secondary N) is 1. The summed E-state index contributed by atoms with van der Waals surface area (Å²) in [5.41, 5.74) is 13.9. The fraction of sp³-hybridized carbons (Fsp3) is 0.194. The van der Waals surface area contributed by atoms with Crippen molar-refractivity contribution < 1.29 is 0 Å². The summed E-state index contributed by atoms with van der Waals surface area (Å²) >= 11 is 0. The summed E-state index contributed by atoms with van der Waals surface area (Å²) < 4.78 is 0. The van der Waals surface area contributed by atoms with Gasteiger partial charge in [-0.05, 0) is 77.4 Å². The summed E-state index contributed by atoms with van der Waals surface area (Å²) in [5.74, 6) is 0.121. The highest BCUT2D eigenvalue weighted by molar-refractivity contribution is 6.13. The molecule has 2 nitrogen and oxygen atoms in total. The Morgan fingerprint density at radius 2 is 1.27 bits per heavy atom. The topological polar surface area (TPSA) is 27.1 Å². The molecule has 1 N–H and O–H groups in total. The molecule has 5 rings (SSSR count). The second-order valence-corrected chi connectivity index (χ2v) is 9.33. The van der Waals surface area contributed by atoms with Crippen molar-refractivity contribution in [3.63, 3.8) is 0 Å². The summed E-state index contributed by atoms with van der Waals surface area (Å²) in [6, 6.07) is 28.3. The van der Waals surface area contributed by atoms with Crippen LogP contribution in [0.15, 0.2) is 78.9 Å². The summed E-state index contributed by atoms with van der Waals surface area (Å²) in [5, 5.41) is 9.37. The van der Waals surface area contributed by atoms with Gasteiger partial charge in [-0.15, -0.1) is 0 Å². The van der Waals surface area contributed by atoms with E-state index in [1.807, 2.05) is 0 Å². The lowest BCUT2D eigenvalue weighted by Crippen LogP contribution is -2.15. The monoisotopic (exact) mass is 430 g/mol. The van der Waals surface area contributed by atoms with Crippen LogP contribution in [0.1, 0.15) is 50.4 Å². The minimum atomic E-state index is 0.121. The molecule has 4 aromatic carbocycles. The zero-order chi connectivity index (χ0) is 23.3. The van der Waals surface area contributed by atoms with E-state index in [4.69, 9.17) is 0 Å². The van der Waals surface area contributed by atoms with Crippen molar-refractivity contribution in [1.29, 1.82) is 5.41 Å². The molecule has 0 heterocycles. The van der Waals surface area contributed by atoms with Crippen molar-refractivity contribution in [3.05, 3.63) is 123 Å². The number of benzene rings is 4. The van der Waals surface area contributed by atoms with E-state index in [0.717, 1.165) is 16.8 Å². The van der Waals surface area contributed by atoms with Gasteiger partial charge in [0.25, 0.3) is 0 Å². The fourth-order valence-electron chi connectivity index (χ4n) is 5.15. The molecule has 0 radical (unpaired) electrons. The molecule has 0 atom stereocenters. The second kappa shape index (κ2) is 8.04. The molecule has 33 heavy (non-hydrogen) atoms. The SMILES string of the molecule is Cc1ccc(C(=N)c2cc(N(C)C)ccc2C2c3ccccc3-c3ccccc32)c(C)c1C. The normalized spacial score (nSPS) is 12.4. The molecular weight excluding hydrogens is 400 g/mol. The second-order valence-electron chi connectivity index (χ2n) is 9.33. The molecule has 164 valence electrons. The maximum absolute atomic E-state index is 9.37. The Morgan fingerprint density at radius 1 is 0.667 bits per heavy atom. The molecule has 0 saturated carbocycles. The smallest absolute Gasteiger partial charge is 0.0691 e. The zero-order valence-corrected chi connectivity index (χ0v) is 20.0. The first-order valence-corrected chi connectivity index (χ1v) is 11.5. The van der Waals surface area contributed by atoms with Gasteiger partial charge in [-0.25, -0.2) is 0 Å². The zero-order valence-electron chi connectivity index (χ0n) is 20.0. The first-order chi connectivity index (χ1) is 15.9. The highest BCUT2D eigenvalue weighted by Crippen LogP contribution is 2.49. The van der Waals surface area contributed by atoms with Crippen LogP contribution < -0.4 is 4.90 Å². The van der Waals surface area contributed by atoms with Crippen molar-refractivity contribution in [2.45, 2.75) is 26.7 Å². The van der Waals surface area contributed by atoms with Crippen molar-refractivity contribution in [2.75, 3.05) is 19.0 Å². The van der Waals surface area contributed by atoms with Crippen LogP contribution >= 0.6 is 0 Å². The van der Waals surface area contributed by atoms with Gasteiger partial charge in [-0.1, -0.05) is 66.7 Å². The number of nitrogens with zero attached hydrogens (tertiary/aromatic N) is 1. The van der Waals surface area contributed by atoms with Crippen LogP contribution in [0.3, 0.4) is 0 Å². The molecule has 0 saturated heterocycles. The summed E-state index contributed by atoms with van der Waals surface area (Å²) in [6.45, 7) is 6.43. The number of anilines is 1. The summed E-state index contributed by atoms with van der Waals surface area (Å²) in [7, 11) is 4.12. The Morgan fingerprint density at radius 3 is 1.88 bits per heavy atom. The standard InChI is InChI=1S/C31H30N2/c1-19-14-16-23(21(3)20(19)2)31(32)29-18-22(33(4)5)15-17-28(29)30-26-12-8-6-10-24(26)25-11-7-9-13-27(25)30/h6-18,30,32H,1-5H3. The van der Waals surface area contributed by atoms with Gasteiger partial charge in [0.15, 0.2) is 0 Å². The first kappa shape index (κ1) is 21.2. The van der Waals surface area contributed by atoms with E-state index in [1.54, 1.807) is 0 Å². The fourth-order valence-corrected chi connectivity index (χ4v) is 5.15. The van der Waals surface area contributed by atoms with Gasteiger partial charge in [0, 0.05) is 36.8 Å². The van der Waals surface area contributed by atoms with E-state index in [2.05, 4.69) is 119 Å². The van der Waals surface area contributed by atoms with Gasteiger partial charge in [-0.2, -0.15) is 0 Å². The van der Waals surface area contributed by atoms with Crippen LogP contribution in [-0.2, 0) is 0 Å². The van der Waals surface area contributed by atoms with Gasteiger partial charge in [0.2, 0.25) is 0 Å². The van der Waals surface area contributed by atoms with Gasteiger partial charge in [0.1, 0.15) is 0 Å². The van der Waals surface area contributed by atoms with Crippen LogP contribution in [0.5, 0.6) is 0 Å². The van der Waals surface area contributed by atoms with Crippen molar-refractivity contribution in [2.24, 2.45) is 0 Å². The van der Waals surface area contributed by atoms with E-state index in [0.29, 0.717) is 5.71 Å². The van der Waals surface area contributed by atoms with E-state index in [9.17, 15) is 5.41 Å². The van der Waals surface area contributed by atoms with Crippen LogP contribution in [0.2, 0.25) is 0 Å². The van der Waals surface area contributed by atoms with Crippen LogP contribution in [-0.4, -0.2) is 19.8 Å². The third-order valence-electron chi connectivity index (χ3n) is 7.29. The maximum Gasteiger partial charge on any atom is 0.0691 e. The minimum absolute atomic E-state index is 0.121. The maximum atomic E-state index is 9.37. The number of hydrogen-bond donors (Lipinski definition) is 1. The lowest BCUT2D eigenvalue weighted by molar-refractivity contribution is 1.01. The molecule has 0 aliphatic heterocycles. The van der Waals surface area contributed by atoms with Crippen LogP contribution in [0.25, 0.3) is 11.1 Å². The minimum Gasteiger partial charge on any atom is -0.378 e. The molecule has 0 unspecified atom stereocenters. The molecule has 2 heteroatoms. The number of hydrogen-bond acceptors (Lipinski definition) is 2. The number of aryl methyl sites for hydroxylation is 1. The molecule has 0 aromatic heterocycles. The molecule has 0 fully saturated rings. The average Bonchev–Trinajstić information content (AvgIpc) is 3.16. The van der Waals surface area contributed by atoms with Crippen molar-refractivity contribution in [1.82, 2.24) is 0 Å². The molecule has 0 bridgehead atoms. The largest absolute Gasteiger partial charge is 0.378 e. The average molecular weight is 431 g/mol. The Balaban J connectivity index is 1.75. The highest BCUT2D eigenvalue weighted by atomic mass is 15.1. The van der Waals surface area contributed by atoms with E-state index < -0.39 is 0 Å². The van der Waals surface area contributed by atoms with E-state index in [1.165, 1.54) is 44.5 Å². The molecule has 0 spiro atoms.